The molecule has 2 heterocycles. The topological polar surface area (TPSA) is 124 Å². The number of hydrogen-bond donors (Lipinski definition) is 2. The summed E-state index contributed by atoms with van der Waals surface area (Å²) in [4.78, 5) is 55.8. The molecule has 36 heavy (non-hydrogen) atoms. The molecule has 0 aliphatic heterocycles. The fraction of sp³-hybridized carbons (Fsp3) is 0.160. The highest BCUT2D eigenvalue weighted by atomic mass is 35.5. The van der Waals surface area contributed by atoms with Crippen LogP contribution in [0.3, 0.4) is 0 Å². The summed E-state index contributed by atoms with van der Waals surface area (Å²) < 4.78 is 7.27. The van der Waals surface area contributed by atoms with Gasteiger partial charge in [0.15, 0.2) is 0 Å². The lowest BCUT2D eigenvalue weighted by molar-refractivity contribution is -0.117. The molecule has 4 aromatic rings. The summed E-state index contributed by atoms with van der Waals surface area (Å²) in [6.45, 7) is 0.851. The van der Waals surface area contributed by atoms with Gasteiger partial charge in [-0.25, -0.2) is 4.79 Å². The Morgan fingerprint density at radius 1 is 0.972 bits per heavy atom. The van der Waals surface area contributed by atoms with Crippen LogP contribution >= 0.6 is 11.6 Å². The predicted molar refractivity (Wildman–Crippen MR) is 137 cm³/mol. The summed E-state index contributed by atoms with van der Waals surface area (Å²) >= 11 is 6.19. The lowest BCUT2D eigenvalue weighted by atomic mass is 10.2. The Hall–Kier alpha value is -4.44. The minimum Gasteiger partial charge on any atom is -0.495 e. The SMILES string of the molecule is COc1cc(C)c(Cl)cc1NC(=O)Cn1c(=O)n(CC(=O)Nc2ccncc2)c(=O)c2ccccc21. The van der Waals surface area contributed by atoms with Gasteiger partial charge in [-0.3, -0.25) is 28.5 Å². The Kier molecular flexibility index (Phi) is 7.16. The van der Waals surface area contributed by atoms with Crippen molar-refractivity contribution in [2.45, 2.75) is 20.0 Å². The molecule has 0 saturated heterocycles. The third-order valence-electron chi connectivity index (χ3n) is 5.45. The van der Waals surface area contributed by atoms with Crippen LogP contribution < -0.4 is 26.6 Å². The van der Waals surface area contributed by atoms with Crippen molar-refractivity contribution in [1.82, 2.24) is 14.1 Å². The van der Waals surface area contributed by atoms with E-state index in [1.165, 1.54) is 25.6 Å². The van der Waals surface area contributed by atoms with E-state index in [4.69, 9.17) is 16.3 Å². The van der Waals surface area contributed by atoms with Crippen LogP contribution in [0, 0.1) is 6.92 Å². The predicted octanol–water partition coefficient (Wildman–Crippen LogP) is 2.81. The molecule has 2 N–H and O–H groups in total. The van der Waals surface area contributed by atoms with Crippen molar-refractivity contribution in [2.75, 3.05) is 17.7 Å². The van der Waals surface area contributed by atoms with Crippen LogP contribution in [-0.2, 0) is 22.7 Å². The van der Waals surface area contributed by atoms with E-state index >= 15 is 0 Å². The third-order valence-corrected chi connectivity index (χ3v) is 5.86. The van der Waals surface area contributed by atoms with Crippen LogP contribution in [0.4, 0.5) is 11.4 Å². The van der Waals surface area contributed by atoms with Gasteiger partial charge in [-0.15, -0.1) is 0 Å². The lowest BCUT2D eigenvalue weighted by Crippen LogP contribution is -2.44. The molecule has 10 nitrogen and oxygen atoms in total. The quantitative estimate of drug-likeness (QED) is 0.396. The maximum atomic E-state index is 13.3. The summed E-state index contributed by atoms with van der Waals surface area (Å²) in [5, 5.41) is 5.94. The standard InChI is InChI=1S/C25H22ClN5O5/c1-15-11-21(36-2)19(12-18(15)26)29-23(33)13-30-20-6-4-3-5-17(20)24(34)31(25(30)35)14-22(32)28-16-7-9-27-10-8-16/h3-12H,13-14H2,1-2H3,(H,29,33)(H,27,28,32). The Labute approximate surface area is 210 Å². The van der Waals surface area contributed by atoms with E-state index in [0.29, 0.717) is 22.1 Å². The number of aryl methyl sites for hydroxylation is 1. The van der Waals surface area contributed by atoms with Crippen molar-refractivity contribution in [2.24, 2.45) is 0 Å². The van der Waals surface area contributed by atoms with Gasteiger partial charge in [0.1, 0.15) is 18.8 Å². The number of pyridine rings is 1. The molecule has 0 radical (unpaired) electrons. The molecule has 0 fully saturated rings. The highest BCUT2D eigenvalue weighted by Crippen LogP contribution is 2.30. The molecule has 2 aromatic heterocycles. The van der Waals surface area contributed by atoms with Gasteiger partial charge in [0, 0.05) is 23.1 Å². The number of para-hydroxylation sites is 1. The zero-order chi connectivity index (χ0) is 25.8. The first kappa shape index (κ1) is 24.7. The molecule has 11 heteroatoms. The van der Waals surface area contributed by atoms with Crippen LogP contribution in [0.15, 0.2) is 70.5 Å². The first-order valence-electron chi connectivity index (χ1n) is 10.8. The summed E-state index contributed by atoms with van der Waals surface area (Å²) in [5.41, 5.74) is 0.402. The molecule has 0 saturated carbocycles. The number of ether oxygens (including phenoxy) is 1. The molecule has 0 aliphatic carbocycles. The molecular weight excluding hydrogens is 486 g/mol. The van der Waals surface area contributed by atoms with Gasteiger partial charge in [0.25, 0.3) is 5.56 Å². The molecule has 2 aromatic carbocycles. The maximum absolute atomic E-state index is 13.3. The number of hydrogen-bond acceptors (Lipinski definition) is 6. The normalized spacial score (nSPS) is 10.8. The highest BCUT2D eigenvalue weighted by molar-refractivity contribution is 6.31. The van der Waals surface area contributed by atoms with Gasteiger partial charge in [-0.2, -0.15) is 0 Å². The average molecular weight is 508 g/mol. The second-order valence-electron chi connectivity index (χ2n) is 7.91. The molecular formula is C25H22ClN5O5. The summed E-state index contributed by atoms with van der Waals surface area (Å²) in [5.74, 6) is -0.724. The molecule has 0 unspecified atom stereocenters. The lowest BCUT2D eigenvalue weighted by Gasteiger charge is -2.15. The highest BCUT2D eigenvalue weighted by Gasteiger charge is 2.18. The zero-order valence-electron chi connectivity index (χ0n) is 19.4. The monoisotopic (exact) mass is 507 g/mol. The number of nitrogens with one attached hydrogen (secondary N) is 2. The second kappa shape index (κ2) is 10.4. The first-order valence-corrected chi connectivity index (χ1v) is 11.2. The molecule has 2 amide bonds. The molecule has 4 rings (SSSR count). The molecule has 0 atom stereocenters. The number of benzene rings is 2. The summed E-state index contributed by atoms with van der Waals surface area (Å²) in [6, 6.07) is 12.8. The van der Waals surface area contributed by atoms with Crippen molar-refractivity contribution >= 4 is 45.7 Å². The average Bonchev–Trinajstić information content (AvgIpc) is 2.87. The largest absolute Gasteiger partial charge is 0.495 e. The number of carbonyl (C=O) groups excluding carboxylic acids is 2. The van der Waals surface area contributed by atoms with Gasteiger partial charge < -0.3 is 15.4 Å². The first-order chi connectivity index (χ1) is 17.3. The van der Waals surface area contributed by atoms with Crippen LogP contribution in [0.1, 0.15) is 5.56 Å². The zero-order valence-corrected chi connectivity index (χ0v) is 20.2. The third kappa shape index (κ3) is 5.13. The number of fused-ring (bicyclic) bond motifs is 1. The molecule has 0 spiro atoms. The van der Waals surface area contributed by atoms with Gasteiger partial charge >= 0.3 is 5.69 Å². The van der Waals surface area contributed by atoms with Crippen molar-refractivity contribution in [1.29, 1.82) is 0 Å². The van der Waals surface area contributed by atoms with Crippen molar-refractivity contribution in [3.05, 3.63) is 92.3 Å². The van der Waals surface area contributed by atoms with Gasteiger partial charge in [0.2, 0.25) is 11.8 Å². The van der Waals surface area contributed by atoms with Crippen molar-refractivity contribution in [3.8, 4) is 5.75 Å². The number of carbonyl (C=O) groups is 2. The van der Waals surface area contributed by atoms with Crippen LogP contribution in [0.5, 0.6) is 5.75 Å². The number of methoxy groups -OCH3 is 1. The van der Waals surface area contributed by atoms with Crippen molar-refractivity contribution < 1.29 is 14.3 Å². The fourth-order valence-electron chi connectivity index (χ4n) is 3.70. The number of halogens is 1. The van der Waals surface area contributed by atoms with E-state index in [1.807, 2.05) is 0 Å². The Balaban J connectivity index is 1.68. The molecule has 184 valence electrons. The fourth-order valence-corrected chi connectivity index (χ4v) is 3.86. The van der Waals surface area contributed by atoms with E-state index in [1.54, 1.807) is 49.4 Å². The smallest absolute Gasteiger partial charge is 0.332 e. The second-order valence-corrected chi connectivity index (χ2v) is 8.32. The van der Waals surface area contributed by atoms with E-state index < -0.39 is 36.2 Å². The van der Waals surface area contributed by atoms with E-state index in [2.05, 4.69) is 15.6 Å². The Morgan fingerprint density at radius 2 is 1.64 bits per heavy atom. The minimum atomic E-state index is -0.798. The molecule has 0 aliphatic rings. The summed E-state index contributed by atoms with van der Waals surface area (Å²) in [7, 11) is 1.46. The number of anilines is 2. The Morgan fingerprint density at radius 3 is 2.36 bits per heavy atom. The Bertz CT molecular complexity index is 1580. The molecule has 0 bridgehead atoms. The number of amides is 2. The van der Waals surface area contributed by atoms with Gasteiger partial charge in [-0.05, 0) is 48.9 Å². The number of rotatable bonds is 7. The summed E-state index contributed by atoms with van der Waals surface area (Å²) in [6.07, 6.45) is 3.00. The number of aromatic nitrogens is 3. The van der Waals surface area contributed by atoms with E-state index in [9.17, 15) is 19.2 Å². The number of nitrogens with zero attached hydrogens (tertiary/aromatic N) is 3. The van der Waals surface area contributed by atoms with E-state index in [0.717, 1.165) is 14.7 Å². The van der Waals surface area contributed by atoms with Crippen molar-refractivity contribution in [3.63, 3.8) is 0 Å². The van der Waals surface area contributed by atoms with Gasteiger partial charge in [-0.1, -0.05) is 23.7 Å². The van der Waals surface area contributed by atoms with E-state index in [-0.39, 0.29) is 10.9 Å². The van der Waals surface area contributed by atoms with Crippen LogP contribution in [0.25, 0.3) is 10.9 Å². The maximum Gasteiger partial charge on any atom is 0.332 e. The minimum absolute atomic E-state index is 0.192. The van der Waals surface area contributed by atoms with Crippen LogP contribution in [0.2, 0.25) is 5.02 Å². The van der Waals surface area contributed by atoms with Crippen LogP contribution in [-0.4, -0.2) is 33.0 Å². The van der Waals surface area contributed by atoms with Gasteiger partial charge in [0.05, 0.1) is 23.7 Å².